The number of nitrogens with zero attached hydrogens (tertiary/aromatic N) is 2. The van der Waals surface area contributed by atoms with Crippen molar-refractivity contribution in [1.82, 2.24) is 31.2 Å². The summed E-state index contributed by atoms with van der Waals surface area (Å²) < 4.78 is 0. The molecule has 4 amide bonds. The summed E-state index contributed by atoms with van der Waals surface area (Å²) in [5.41, 5.74) is 0.892. The molecule has 0 spiro atoms. The van der Waals surface area contributed by atoms with E-state index in [0.717, 1.165) is 16.3 Å². The molecule has 0 saturated carbocycles. The lowest BCUT2D eigenvalue weighted by molar-refractivity contribution is -0.131. The zero-order valence-electron chi connectivity index (χ0n) is 23.7. The molecule has 4 unspecified atom stereocenters. The number of rotatable bonds is 13. The Morgan fingerprint density at radius 1 is 1.00 bits per heavy atom. The van der Waals surface area contributed by atoms with E-state index in [9.17, 15) is 24.0 Å². The molecule has 4 atom stereocenters. The normalized spacial score (nSPS) is 16.7. The number of benzene rings is 2. The minimum atomic E-state index is -1.04. The van der Waals surface area contributed by atoms with E-state index < -0.39 is 35.8 Å². The molecule has 1 aliphatic rings. The number of hydrogen-bond donors (Lipinski definition) is 4. The van der Waals surface area contributed by atoms with Crippen molar-refractivity contribution in [3.05, 3.63) is 72.3 Å². The Kier molecular flexibility index (Phi) is 10.3. The van der Waals surface area contributed by atoms with E-state index in [-0.39, 0.29) is 36.3 Å². The van der Waals surface area contributed by atoms with Crippen LogP contribution in [0.1, 0.15) is 49.2 Å². The van der Waals surface area contributed by atoms with Gasteiger partial charge in [0.1, 0.15) is 24.1 Å². The van der Waals surface area contributed by atoms with Gasteiger partial charge in [0.15, 0.2) is 0 Å². The van der Waals surface area contributed by atoms with Crippen LogP contribution in [0.25, 0.3) is 10.8 Å². The van der Waals surface area contributed by atoms with Crippen LogP contribution < -0.4 is 21.3 Å². The van der Waals surface area contributed by atoms with Crippen molar-refractivity contribution >= 4 is 40.7 Å². The first-order valence-electron chi connectivity index (χ1n) is 14.1. The van der Waals surface area contributed by atoms with E-state index in [1.807, 2.05) is 56.3 Å². The molecule has 1 saturated heterocycles. The van der Waals surface area contributed by atoms with Crippen molar-refractivity contribution in [2.24, 2.45) is 11.8 Å². The van der Waals surface area contributed by atoms with Crippen molar-refractivity contribution in [1.29, 1.82) is 0 Å². The minimum absolute atomic E-state index is 0.0297. The van der Waals surface area contributed by atoms with E-state index in [1.54, 1.807) is 0 Å². The molecule has 0 aliphatic carbocycles. The second kappa shape index (κ2) is 14.3. The Bertz CT molecular complexity index is 1420. The maximum absolute atomic E-state index is 13.8. The number of fused-ring (bicyclic) bond motifs is 1. The van der Waals surface area contributed by atoms with Gasteiger partial charge in [-0.2, -0.15) is 0 Å². The summed E-state index contributed by atoms with van der Waals surface area (Å²) in [6.07, 6.45) is 5.97. The lowest BCUT2D eigenvalue weighted by atomic mass is 9.96. The average Bonchev–Trinajstić information content (AvgIpc) is 3.40. The van der Waals surface area contributed by atoms with Crippen LogP contribution in [0.15, 0.2) is 61.1 Å². The number of hydrogen-bond acceptors (Lipinski definition) is 7. The van der Waals surface area contributed by atoms with Gasteiger partial charge in [-0.15, -0.1) is 0 Å². The van der Waals surface area contributed by atoms with Gasteiger partial charge in [0.05, 0.1) is 12.2 Å². The number of aromatic nitrogens is 2. The highest BCUT2D eigenvalue weighted by atomic mass is 16.2. The molecule has 1 aliphatic heterocycles. The SMILES string of the molecule is CC(C)CC(NC(=O)C(Cc1cccc2ccccc12)NC(=O)c1cnccn1)C(=O)NC(C=O)CC1CCNC1=O. The molecule has 42 heavy (non-hydrogen) atoms. The van der Waals surface area contributed by atoms with Gasteiger partial charge < -0.3 is 26.1 Å². The molecule has 4 rings (SSSR count). The summed E-state index contributed by atoms with van der Waals surface area (Å²) in [4.78, 5) is 71.9. The number of nitrogens with one attached hydrogen (secondary N) is 4. The summed E-state index contributed by atoms with van der Waals surface area (Å²) in [5.74, 6) is -2.14. The molecule has 1 aromatic heterocycles. The number of carbonyl (C=O) groups is 5. The van der Waals surface area contributed by atoms with Gasteiger partial charge in [-0.1, -0.05) is 56.3 Å². The van der Waals surface area contributed by atoms with Crippen molar-refractivity contribution in [2.45, 2.75) is 57.7 Å². The standard InChI is InChI=1S/C31H36N6O5/c1-19(2)14-25(29(40)35-23(18-38)15-22-10-11-34-28(22)39)36-30(41)26(37-31(42)27-17-32-12-13-33-27)16-21-8-5-7-20-6-3-4-9-24(20)21/h3-9,12-13,17-19,22-23,25-26H,10-11,14-16H2,1-2H3,(H,34,39)(H,35,40)(H,36,41)(H,37,42). The Hall–Kier alpha value is -4.67. The third kappa shape index (κ3) is 7.96. The van der Waals surface area contributed by atoms with Crippen LogP contribution in [0.2, 0.25) is 0 Å². The molecule has 11 heteroatoms. The van der Waals surface area contributed by atoms with Crippen LogP contribution in [-0.4, -0.2) is 64.6 Å². The zero-order chi connectivity index (χ0) is 30.1. The topological polar surface area (TPSA) is 159 Å². The molecule has 2 heterocycles. The summed E-state index contributed by atoms with van der Waals surface area (Å²) in [6.45, 7) is 4.36. The van der Waals surface area contributed by atoms with E-state index in [0.29, 0.717) is 25.7 Å². The van der Waals surface area contributed by atoms with Crippen molar-refractivity contribution in [3.63, 3.8) is 0 Å². The van der Waals surface area contributed by atoms with Crippen LogP contribution >= 0.6 is 0 Å². The van der Waals surface area contributed by atoms with Crippen LogP contribution in [0.4, 0.5) is 0 Å². The highest BCUT2D eigenvalue weighted by Crippen LogP contribution is 2.20. The molecule has 3 aromatic rings. The fourth-order valence-electron chi connectivity index (χ4n) is 5.13. The van der Waals surface area contributed by atoms with Crippen molar-refractivity contribution in [3.8, 4) is 0 Å². The second-order valence-electron chi connectivity index (χ2n) is 10.9. The third-order valence-electron chi connectivity index (χ3n) is 7.25. The van der Waals surface area contributed by atoms with Crippen molar-refractivity contribution in [2.75, 3.05) is 6.54 Å². The molecule has 0 bridgehead atoms. The predicted octanol–water partition coefficient (Wildman–Crippen LogP) is 1.71. The highest BCUT2D eigenvalue weighted by Gasteiger charge is 2.32. The molecule has 4 N–H and O–H groups in total. The first-order chi connectivity index (χ1) is 20.2. The second-order valence-corrected chi connectivity index (χ2v) is 10.9. The lowest BCUT2D eigenvalue weighted by Crippen LogP contribution is -2.56. The van der Waals surface area contributed by atoms with Gasteiger partial charge in [0.2, 0.25) is 17.7 Å². The molecule has 11 nitrogen and oxygen atoms in total. The van der Waals surface area contributed by atoms with Gasteiger partial charge in [-0.3, -0.25) is 24.2 Å². The molecule has 220 valence electrons. The first-order valence-corrected chi connectivity index (χ1v) is 14.1. The van der Waals surface area contributed by atoms with Crippen LogP contribution in [-0.2, 0) is 25.6 Å². The monoisotopic (exact) mass is 572 g/mol. The number of carbonyl (C=O) groups excluding carboxylic acids is 5. The largest absolute Gasteiger partial charge is 0.356 e. The smallest absolute Gasteiger partial charge is 0.272 e. The Morgan fingerprint density at radius 3 is 2.45 bits per heavy atom. The summed E-state index contributed by atoms with van der Waals surface area (Å²) in [6, 6.07) is 10.6. The average molecular weight is 573 g/mol. The highest BCUT2D eigenvalue weighted by molar-refractivity contribution is 5.98. The van der Waals surface area contributed by atoms with Gasteiger partial charge in [0, 0.05) is 31.3 Å². The molecule has 2 aromatic carbocycles. The fraction of sp³-hybridized carbons (Fsp3) is 0.387. The summed E-state index contributed by atoms with van der Waals surface area (Å²) >= 11 is 0. The Labute approximate surface area is 244 Å². The quantitative estimate of drug-likeness (QED) is 0.227. The fourth-order valence-corrected chi connectivity index (χ4v) is 5.13. The lowest BCUT2D eigenvalue weighted by Gasteiger charge is -2.26. The Balaban J connectivity index is 1.54. The van der Waals surface area contributed by atoms with Crippen LogP contribution in [0.5, 0.6) is 0 Å². The molecule has 1 fully saturated rings. The van der Waals surface area contributed by atoms with E-state index in [1.165, 1.54) is 18.6 Å². The molecular formula is C31H36N6O5. The van der Waals surface area contributed by atoms with Gasteiger partial charge in [-0.25, -0.2) is 4.98 Å². The third-order valence-corrected chi connectivity index (χ3v) is 7.25. The van der Waals surface area contributed by atoms with E-state index >= 15 is 0 Å². The predicted molar refractivity (Wildman–Crippen MR) is 156 cm³/mol. The van der Waals surface area contributed by atoms with E-state index in [4.69, 9.17) is 0 Å². The van der Waals surface area contributed by atoms with Crippen molar-refractivity contribution < 1.29 is 24.0 Å². The molecular weight excluding hydrogens is 536 g/mol. The van der Waals surface area contributed by atoms with Gasteiger partial charge in [-0.05, 0) is 41.5 Å². The maximum atomic E-state index is 13.8. The van der Waals surface area contributed by atoms with Gasteiger partial charge in [0.25, 0.3) is 5.91 Å². The Morgan fingerprint density at radius 2 is 1.76 bits per heavy atom. The van der Waals surface area contributed by atoms with Gasteiger partial charge >= 0.3 is 0 Å². The number of amides is 4. The summed E-state index contributed by atoms with van der Waals surface area (Å²) in [5, 5.41) is 12.9. The zero-order valence-corrected chi connectivity index (χ0v) is 23.7. The maximum Gasteiger partial charge on any atom is 0.272 e. The minimum Gasteiger partial charge on any atom is -0.356 e. The van der Waals surface area contributed by atoms with Crippen LogP contribution in [0.3, 0.4) is 0 Å². The van der Waals surface area contributed by atoms with E-state index in [2.05, 4.69) is 31.2 Å². The van der Waals surface area contributed by atoms with Crippen LogP contribution in [0, 0.1) is 11.8 Å². The summed E-state index contributed by atoms with van der Waals surface area (Å²) in [7, 11) is 0. The number of aldehydes is 1. The first kappa shape index (κ1) is 30.3. The molecule has 0 radical (unpaired) electrons.